The topological polar surface area (TPSA) is 68.9 Å². The minimum Gasteiger partial charge on any atom is -0.369 e. The van der Waals surface area contributed by atoms with E-state index in [1.807, 2.05) is 18.2 Å². The zero-order valence-electron chi connectivity index (χ0n) is 11.3. The molecule has 0 saturated heterocycles. The van der Waals surface area contributed by atoms with E-state index in [-0.39, 0.29) is 11.2 Å². The van der Waals surface area contributed by atoms with Crippen LogP contribution in [0, 0.1) is 0 Å². The lowest BCUT2D eigenvalue weighted by atomic mass is 10.1. The van der Waals surface area contributed by atoms with E-state index >= 15 is 0 Å². The van der Waals surface area contributed by atoms with Crippen molar-refractivity contribution in [3.05, 3.63) is 42.0 Å². The molecule has 6 heteroatoms. The second kappa shape index (κ2) is 5.83. The van der Waals surface area contributed by atoms with E-state index in [1.165, 1.54) is 18.1 Å². The molecule has 0 aliphatic heterocycles. The van der Waals surface area contributed by atoms with Crippen LogP contribution in [0.25, 0.3) is 21.3 Å². The molecule has 3 rings (SSSR count). The number of fused-ring (bicyclic) bond motifs is 1. The van der Waals surface area contributed by atoms with Crippen LogP contribution in [0.2, 0.25) is 0 Å². The number of nitrogens with zero attached hydrogens (tertiary/aromatic N) is 2. The molecule has 21 heavy (non-hydrogen) atoms. The Morgan fingerprint density at radius 3 is 2.76 bits per heavy atom. The fraction of sp³-hybridized carbons (Fsp3) is 0.133. The lowest BCUT2D eigenvalue weighted by molar-refractivity contribution is -0.117. The molecule has 4 nitrogen and oxygen atoms in total. The third-order valence-corrected chi connectivity index (χ3v) is 5.11. The molecule has 1 aromatic carbocycles. The third kappa shape index (κ3) is 2.77. The number of aromatic nitrogens is 2. The summed E-state index contributed by atoms with van der Waals surface area (Å²) in [7, 11) is 0. The number of hydrogen-bond acceptors (Lipinski definition) is 5. The van der Waals surface area contributed by atoms with Crippen molar-refractivity contribution in [3.63, 3.8) is 0 Å². The van der Waals surface area contributed by atoms with E-state index in [9.17, 15) is 4.79 Å². The normalized spacial score (nSPS) is 12.4. The zero-order valence-corrected chi connectivity index (χ0v) is 12.9. The highest BCUT2D eigenvalue weighted by molar-refractivity contribution is 8.00. The Hall–Kier alpha value is -1.92. The standard InChI is InChI=1S/C15H13N3OS2/c1-9(13(16)19)21-15-12-11(10-5-3-2-4-6-10)7-20-14(12)17-8-18-15/h2-9H,1H3,(H2,16,19)/t9-/m1/s1. The fourth-order valence-electron chi connectivity index (χ4n) is 1.99. The smallest absolute Gasteiger partial charge is 0.230 e. The van der Waals surface area contributed by atoms with Gasteiger partial charge in [-0.15, -0.1) is 11.3 Å². The molecule has 0 saturated carbocycles. The van der Waals surface area contributed by atoms with Gasteiger partial charge in [0.2, 0.25) is 5.91 Å². The van der Waals surface area contributed by atoms with Gasteiger partial charge in [0.05, 0.1) is 10.6 Å². The predicted octanol–water partition coefficient (Wildman–Crippen LogP) is 3.32. The molecule has 0 radical (unpaired) electrons. The van der Waals surface area contributed by atoms with Crippen LogP contribution in [0.5, 0.6) is 0 Å². The van der Waals surface area contributed by atoms with Crippen LogP contribution in [-0.4, -0.2) is 21.1 Å². The lowest BCUT2D eigenvalue weighted by Crippen LogP contribution is -2.22. The molecular weight excluding hydrogens is 302 g/mol. The monoisotopic (exact) mass is 315 g/mol. The highest BCUT2D eigenvalue weighted by atomic mass is 32.2. The Morgan fingerprint density at radius 2 is 2.05 bits per heavy atom. The minimum absolute atomic E-state index is 0.327. The number of nitrogens with two attached hydrogens (primary N) is 1. The third-order valence-electron chi connectivity index (χ3n) is 3.11. The van der Waals surface area contributed by atoms with Gasteiger partial charge in [-0.3, -0.25) is 4.79 Å². The number of primary amides is 1. The van der Waals surface area contributed by atoms with Crippen molar-refractivity contribution in [2.75, 3.05) is 0 Å². The van der Waals surface area contributed by atoms with Gasteiger partial charge >= 0.3 is 0 Å². The molecule has 0 aliphatic rings. The first kappa shape index (κ1) is 14.0. The highest BCUT2D eigenvalue weighted by Gasteiger charge is 2.17. The highest BCUT2D eigenvalue weighted by Crippen LogP contribution is 2.38. The summed E-state index contributed by atoms with van der Waals surface area (Å²) in [5.74, 6) is -0.344. The van der Waals surface area contributed by atoms with Gasteiger partial charge < -0.3 is 5.73 Å². The summed E-state index contributed by atoms with van der Waals surface area (Å²) in [6.45, 7) is 1.79. The maximum Gasteiger partial charge on any atom is 0.230 e. The Bertz CT molecular complexity index is 786. The van der Waals surface area contributed by atoms with E-state index in [2.05, 4.69) is 27.5 Å². The SMILES string of the molecule is C[C@@H](Sc1ncnc2scc(-c3ccccc3)c12)C(N)=O. The summed E-state index contributed by atoms with van der Waals surface area (Å²) in [6, 6.07) is 10.1. The maximum absolute atomic E-state index is 11.3. The molecular formula is C15H13N3OS2. The van der Waals surface area contributed by atoms with Gasteiger partial charge in [0.15, 0.2) is 0 Å². The molecule has 0 aliphatic carbocycles. The van der Waals surface area contributed by atoms with E-state index < -0.39 is 0 Å². The quantitative estimate of drug-likeness (QED) is 0.592. The van der Waals surface area contributed by atoms with Crippen LogP contribution < -0.4 is 5.73 Å². The molecule has 1 amide bonds. The van der Waals surface area contributed by atoms with Crippen molar-refractivity contribution in [1.82, 2.24) is 9.97 Å². The number of rotatable bonds is 4. The van der Waals surface area contributed by atoms with Crippen LogP contribution in [0.4, 0.5) is 0 Å². The summed E-state index contributed by atoms with van der Waals surface area (Å²) in [5, 5.41) is 3.54. The Kier molecular flexibility index (Phi) is 3.90. The molecule has 3 aromatic rings. The van der Waals surface area contributed by atoms with Crippen molar-refractivity contribution in [2.24, 2.45) is 5.73 Å². The molecule has 2 N–H and O–H groups in total. The second-order valence-electron chi connectivity index (χ2n) is 4.54. The predicted molar refractivity (Wildman–Crippen MR) is 87.4 cm³/mol. The van der Waals surface area contributed by atoms with Crippen molar-refractivity contribution in [1.29, 1.82) is 0 Å². The van der Waals surface area contributed by atoms with Gasteiger partial charge in [-0.2, -0.15) is 0 Å². The summed E-state index contributed by atoms with van der Waals surface area (Å²) in [5.41, 5.74) is 7.56. The first-order chi connectivity index (χ1) is 10.2. The van der Waals surface area contributed by atoms with Crippen molar-refractivity contribution in [3.8, 4) is 11.1 Å². The van der Waals surface area contributed by atoms with Crippen molar-refractivity contribution in [2.45, 2.75) is 17.2 Å². The molecule has 0 fully saturated rings. The van der Waals surface area contributed by atoms with Gasteiger partial charge in [0.1, 0.15) is 16.2 Å². The first-order valence-corrected chi connectivity index (χ1v) is 8.16. The van der Waals surface area contributed by atoms with Crippen LogP contribution in [-0.2, 0) is 4.79 Å². The number of carbonyl (C=O) groups excluding carboxylic acids is 1. The van der Waals surface area contributed by atoms with Crippen LogP contribution in [0.1, 0.15) is 6.92 Å². The van der Waals surface area contributed by atoms with E-state index in [0.29, 0.717) is 0 Å². The van der Waals surface area contributed by atoms with Gasteiger partial charge in [0.25, 0.3) is 0 Å². The summed E-state index contributed by atoms with van der Waals surface area (Å²) in [4.78, 5) is 20.9. The molecule has 0 unspecified atom stereocenters. The average Bonchev–Trinajstić information content (AvgIpc) is 2.93. The lowest BCUT2D eigenvalue weighted by Gasteiger charge is -2.08. The maximum atomic E-state index is 11.3. The first-order valence-electron chi connectivity index (χ1n) is 6.40. The van der Waals surface area contributed by atoms with Crippen molar-refractivity contribution < 1.29 is 4.79 Å². The van der Waals surface area contributed by atoms with Gasteiger partial charge in [-0.1, -0.05) is 42.1 Å². The zero-order chi connectivity index (χ0) is 14.8. The van der Waals surface area contributed by atoms with Crippen LogP contribution in [0.3, 0.4) is 0 Å². The fourth-order valence-corrected chi connectivity index (χ4v) is 3.86. The number of benzene rings is 1. The minimum atomic E-state index is -0.344. The Labute approximate surface area is 130 Å². The van der Waals surface area contributed by atoms with Gasteiger partial charge in [-0.05, 0) is 12.5 Å². The van der Waals surface area contributed by atoms with E-state index in [0.717, 1.165) is 26.4 Å². The largest absolute Gasteiger partial charge is 0.369 e. The van der Waals surface area contributed by atoms with Crippen molar-refractivity contribution >= 4 is 39.2 Å². The van der Waals surface area contributed by atoms with Gasteiger partial charge in [-0.25, -0.2) is 9.97 Å². The number of hydrogen-bond donors (Lipinski definition) is 1. The molecule has 0 bridgehead atoms. The number of thiophene rings is 1. The number of carbonyl (C=O) groups is 1. The Morgan fingerprint density at radius 1 is 1.29 bits per heavy atom. The van der Waals surface area contributed by atoms with E-state index in [1.54, 1.807) is 18.3 Å². The Balaban J connectivity index is 2.13. The van der Waals surface area contributed by atoms with Gasteiger partial charge in [0, 0.05) is 10.9 Å². The average molecular weight is 315 g/mol. The molecule has 106 valence electrons. The summed E-state index contributed by atoms with van der Waals surface area (Å²) >= 11 is 2.95. The number of amides is 1. The number of thioether (sulfide) groups is 1. The van der Waals surface area contributed by atoms with Crippen LogP contribution >= 0.6 is 23.1 Å². The summed E-state index contributed by atoms with van der Waals surface area (Å²) < 4.78 is 0. The van der Waals surface area contributed by atoms with E-state index in [4.69, 9.17) is 5.73 Å². The molecule has 2 aromatic heterocycles. The molecule has 1 atom stereocenters. The second-order valence-corrected chi connectivity index (χ2v) is 6.72. The van der Waals surface area contributed by atoms with Crippen LogP contribution in [0.15, 0.2) is 47.1 Å². The molecule has 0 spiro atoms. The molecule has 2 heterocycles. The summed E-state index contributed by atoms with van der Waals surface area (Å²) in [6.07, 6.45) is 1.53.